The monoisotopic (exact) mass is 139 g/mol. The fourth-order valence-corrected chi connectivity index (χ4v) is 1.86. The molecule has 2 heteroatoms. The third-order valence-electron chi connectivity index (χ3n) is 2.48. The summed E-state index contributed by atoms with van der Waals surface area (Å²) >= 11 is 0. The first-order chi connectivity index (χ1) is 4.97. The Hall–Kier alpha value is -0.0800. The molecule has 2 aliphatic rings. The number of hydrogen-bond donors (Lipinski definition) is 1. The molecule has 0 spiro atoms. The first-order valence-corrected chi connectivity index (χ1v) is 4.27. The molecule has 2 nitrogen and oxygen atoms in total. The van der Waals surface area contributed by atoms with Crippen molar-refractivity contribution in [2.75, 3.05) is 26.2 Å². The van der Waals surface area contributed by atoms with E-state index in [0.717, 1.165) is 6.54 Å². The molecule has 0 aromatic rings. The summed E-state index contributed by atoms with van der Waals surface area (Å²) in [5, 5.41) is 3.41. The lowest BCUT2D eigenvalue weighted by molar-refractivity contribution is 0.196. The van der Waals surface area contributed by atoms with E-state index in [1.54, 1.807) is 6.04 Å². The maximum Gasteiger partial charge on any atom is 0.0530 e. The van der Waals surface area contributed by atoms with E-state index in [2.05, 4.69) is 10.2 Å². The number of nitrogens with one attached hydrogen (secondary N) is 1. The Morgan fingerprint density at radius 3 is 3.10 bits per heavy atom. The predicted molar refractivity (Wildman–Crippen MR) is 41.5 cm³/mol. The summed E-state index contributed by atoms with van der Waals surface area (Å²) in [6.45, 7) is 4.90. The molecule has 0 unspecified atom stereocenters. The number of hydrogen-bond acceptors (Lipinski definition) is 2. The Labute approximate surface area is 62.6 Å². The smallest absolute Gasteiger partial charge is 0.0530 e. The SMILES string of the molecule is C1CCN2CCNC[C]2C1. The van der Waals surface area contributed by atoms with Crippen LogP contribution in [-0.2, 0) is 0 Å². The van der Waals surface area contributed by atoms with E-state index in [0.29, 0.717) is 0 Å². The fourth-order valence-electron chi connectivity index (χ4n) is 1.86. The normalized spacial score (nSPS) is 30.0. The summed E-state index contributed by atoms with van der Waals surface area (Å²) < 4.78 is 0. The molecule has 0 atom stereocenters. The first-order valence-electron chi connectivity index (χ1n) is 4.27. The number of piperazine rings is 1. The third kappa shape index (κ3) is 1.18. The quantitative estimate of drug-likeness (QED) is 0.529. The van der Waals surface area contributed by atoms with Crippen LogP contribution in [0, 0.1) is 6.04 Å². The average Bonchev–Trinajstić information content (AvgIpc) is 2.05. The molecule has 2 aliphatic heterocycles. The van der Waals surface area contributed by atoms with Crippen LogP contribution in [0.5, 0.6) is 0 Å². The minimum Gasteiger partial charge on any atom is -0.314 e. The van der Waals surface area contributed by atoms with Gasteiger partial charge in [0.2, 0.25) is 0 Å². The second-order valence-corrected chi connectivity index (χ2v) is 3.19. The molecule has 0 aliphatic carbocycles. The maximum atomic E-state index is 3.41. The van der Waals surface area contributed by atoms with Crippen molar-refractivity contribution in [2.24, 2.45) is 0 Å². The standard InChI is InChI=1S/C8H15N2/c1-2-5-10-6-4-9-7-8(10)3-1/h9H,1-7H2. The van der Waals surface area contributed by atoms with Crippen molar-refractivity contribution in [3.63, 3.8) is 0 Å². The van der Waals surface area contributed by atoms with E-state index >= 15 is 0 Å². The van der Waals surface area contributed by atoms with Gasteiger partial charge in [-0.3, -0.25) is 4.90 Å². The van der Waals surface area contributed by atoms with Crippen molar-refractivity contribution in [3.05, 3.63) is 6.04 Å². The van der Waals surface area contributed by atoms with Crippen LogP contribution in [0.4, 0.5) is 0 Å². The van der Waals surface area contributed by atoms with E-state index in [9.17, 15) is 0 Å². The van der Waals surface area contributed by atoms with Gasteiger partial charge in [-0.15, -0.1) is 0 Å². The van der Waals surface area contributed by atoms with E-state index in [1.165, 1.54) is 38.9 Å². The molecule has 2 saturated heterocycles. The summed E-state index contributed by atoms with van der Waals surface area (Å²) in [5.41, 5.74) is 0. The van der Waals surface area contributed by atoms with E-state index in [4.69, 9.17) is 0 Å². The van der Waals surface area contributed by atoms with Crippen molar-refractivity contribution >= 4 is 0 Å². The molecule has 57 valence electrons. The molecule has 0 aromatic carbocycles. The molecule has 0 bridgehead atoms. The van der Waals surface area contributed by atoms with Crippen LogP contribution >= 0.6 is 0 Å². The summed E-state index contributed by atoms with van der Waals surface area (Å²) in [4.78, 5) is 2.56. The zero-order chi connectivity index (χ0) is 6.81. The molecule has 2 rings (SSSR count). The minimum atomic E-state index is 1.15. The highest BCUT2D eigenvalue weighted by Gasteiger charge is 2.24. The van der Waals surface area contributed by atoms with Crippen molar-refractivity contribution in [1.29, 1.82) is 0 Å². The first kappa shape index (κ1) is 6.62. The van der Waals surface area contributed by atoms with Crippen LogP contribution in [0.15, 0.2) is 0 Å². The molecule has 2 heterocycles. The molecule has 0 saturated carbocycles. The van der Waals surface area contributed by atoms with Gasteiger partial charge in [0, 0.05) is 19.6 Å². The molecule has 0 amide bonds. The van der Waals surface area contributed by atoms with Crippen molar-refractivity contribution < 1.29 is 0 Å². The van der Waals surface area contributed by atoms with Gasteiger partial charge in [-0.1, -0.05) is 6.42 Å². The van der Waals surface area contributed by atoms with Crippen molar-refractivity contribution in [2.45, 2.75) is 19.3 Å². The number of rotatable bonds is 0. The van der Waals surface area contributed by atoms with Gasteiger partial charge in [0.15, 0.2) is 0 Å². The fraction of sp³-hybridized carbons (Fsp3) is 0.875. The van der Waals surface area contributed by atoms with Crippen LogP contribution in [0.1, 0.15) is 19.3 Å². The van der Waals surface area contributed by atoms with Gasteiger partial charge in [-0.05, 0) is 19.4 Å². The summed E-state index contributed by atoms with van der Waals surface area (Å²) in [5.74, 6) is 0. The highest BCUT2D eigenvalue weighted by atomic mass is 15.2. The van der Waals surface area contributed by atoms with E-state index in [1.807, 2.05) is 0 Å². The molecule has 10 heavy (non-hydrogen) atoms. The predicted octanol–water partition coefficient (Wildman–Crippen LogP) is 0.607. The van der Waals surface area contributed by atoms with Gasteiger partial charge in [0.25, 0.3) is 0 Å². The molecule has 2 fully saturated rings. The minimum absolute atomic E-state index is 1.15. The lowest BCUT2D eigenvalue weighted by Gasteiger charge is -2.38. The van der Waals surface area contributed by atoms with Gasteiger partial charge in [0.05, 0.1) is 6.04 Å². The summed E-state index contributed by atoms with van der Waals surface area (Å²) in [7, 11) is 0. The highest BCUT2D eigenvalue weighted by molar-refractivity contribution is 4.97. The largest absolute Gasteiger partial charge is 0.314 e. The average molecular weight is 139 g/mol. The van der Waals surface area contributed by atoms with Gasteiger partial charge in [-0.25, -0.2) is 0 Å². The van der Waals surface area contributed by atoms with Crippen LogP contribution in [0.25, 0.3) is 0 Å². The van der Waals surface area contributed by atoms with E-state index < -0.39 is 0 Å². The number of nitrogens with zero attached hydrogens (tertiary/aromatic N) is 1. The highest BCUT2D eigenvalue weighted by Crippen LogP contribution is 2.23. The second kappa shape index (κ2) is 2.89. The Bertz CT molecular complexity index is 87.8. The van der Waals surface area contributed by atoms with Crippen LogP contribution < -0.4 is 5.32 Å². The van der Waals surface area contributed by atoms with Crippen LogP contribution in [-0.4, -0.2) is 31.1 Å². The van der Waals surface area contributed by atoms with Gasteiger partial charge < -0.3 is 5.32 Å². The molecular formula is C8H15N2. The van der Waals surface area contributed by atoms with E-state index in [-0.39, 0.29) is 0 Å². The van der Waals surface area contributed by atoms with Crippen LogP contribution in [0.2, 0.25) is 0 Å². The Morgan fingerprint density at radius 2 is 2.20 bits per heavy atom. The van der Waals surface area contributed by atoms with Gasteiger partial charge in [-0.2, -0.15) is 0 Å². The topological polar surface area (TPSA) is 15.3 Å². The summed E-state index contributed by atoms with van der Waals surface area (Å²) in [6.07, 6.45) is 4.16. The van der Waals surface area contributed by atoms with Crippen molar-refractivity contribution in [1.82, 2.24) is 10.2 Å². The molecular weight excluding hydrogens is 124 g/mol. The Balaban J connectivity index is 1.93. The van der Waals surface area contributed by atoms with Gasteiger partial charge >= 0.3 is 0 Å². The lowest BCUT2D eigenvalue weighted by atomic mass is 10.0. The second-order valence-electron chi connectivity index (χ2n) is 3.19. The Kier molecular flexibility index (Phi) is 1.91. The van der Waals surface area contributed by atoms with Gasteiger partial charge in [0.1, 0.15) is 0 Å². The molecule has 1 N–H and O–H groups in total. The third-order valence-corrected chi connectivity index (χ3v) is 2.48. The summed E-state index contributed by atoms with van der Waals surface area (Å²) in [6, 6.07) is 1.65. The molecule has 0 aromatic heterocycles. The number of fused-ring (bicyclic) bond motifs is 1. The van der Waals surface area contributed by atoms with Crippen molar-refractivity contribution in [3.8, 4) is 0 Å². The Morgan fingerprint density at radius 1 is 1.20 bits per heavy atom. The lowest BCUT2D eigenvalue weighted by Crippen LogP contribution is -2.48. The maximum absolute atomic E-state index is 3.41. The number of piperidine rings is 1. The molecule has 1 radical (unpaired) electrons. The van der Waals surface area contributed by atoms with Crippen LogP contribution in [0.3, 0.4) is 0 Å². The zero-order valence-electron chi connectivity index (χ0n) is 6.40. The zero-order valence-corrected chi connectivity index (χ0v) is 6.40.